The first kappa shape index (κ1) is 22.7. The summed E-state index contributed by atoms with van der Waals surface area (Å²) >= 11 is 0. The number of hydrogen-bond acceptors (Lipinski definition) is 5. The Kier molecular flexibility index (Phi) is 5.23. The van der Waals surface area contributed by atoms with Crippen LogP contribution in [-0.2, 0) is 0 Å². The Labute approximate surface area is 232 Å². The number of aliphatic imine (C=N–C) groups is 2. The topological polar surface area (TPSA) is 57.8 Å². The van der Waals surface area contributed by atoms with Crippen molar-refractivity contribution in [3.8, 4) is 17.1 Å². The summed E-state index contributed by atoms with van der Waals surface area (Å²) in [6.45, 7) is 0. The Morgan fingerprint density at radius 2 is 1.45 bits per heavy atom. The zero-order valence-electron chi connectivity index (χ0n) is 21.8. The predicted molar refractivity (Wildman–Crippen MR) is 162 cm³/mol. The van der Waals surface area contributed by atoms with Crippen molar-refractivity contribution in [3.63, 3.8) is 0 Å². The molecule has 6 heteroatoms. The molecular weight excluding hydrogens is 492 g/mol. The van der Waals surface area contributed by atoms with Crippen LogP contribution in [0.5, 0.6) is 0 Å². The molecule has 0 saturated carbocycles. The van der Waals surface area contributed by atoms with E-state index in [0.717, 1.165) is 75.3 Å². The maximum absolute atomic E-state index is 5.23. The van der Waals surface area contributed by atoms with Gasteiger partial charge in [0.2, 0.25) is 5.96 Å². The third kappa shape index (κ3) is 3.61. The van der Waals surface area contributed by atoms with Gasteiger partial charge in [0.1, 0.15) is 11.7 Å². The molecule has 2 aliphatic heterocycles. The summed E-state index contributed by atoms with van der Waals surface area (Å²) in [7, 11) is 0. The van der Waals surface area contributed by atoms with Crippen LogP contribution in [0.4, 0.5) is 11.4 Å². The minimum absolute atomic E-state index is 0.371. The van der Waals surface area contributed by atoms with Crippen molar-refractivity contribution in [2.45, 2.75) is 19.0 Å². The van der Waals surface area contributed by atoms with Crippen LogP contribution in [0.25, 0.3) is 28.1 Å². The standard InChI is InChI=1S/C34H26N6/c1-3-13-23(14-4-1)31-36-32(24-15-5-2-6-16-24)38-34(37-31)40-27-19-9-7-17-25(27)33-35-26-18-8-10-20-28(26)39(33)29-21-11-12-22-30(29)40/h1,3-5,7-22,31H,2,6H2,(H,36,37,38). The largest absolute Gasteiger partial charge is 0.310 e. The zero-order chi connectivity index (χ0) is 26.5. The lowest BCUT2D eigenvalue weighted by atomic mass is 10.1. The first-order chi connectivity index (χ1) is 19.8. The maximum atomic E-state index is 5.23. The highest BCUT2D eigenvalue weighted by atomic mass is 15.4. The molecule has 1 aromatic heterocycles. The average Bonchev–Trinajstić information content (AvgIpc) is 3.36. The number of hydrogen-bond donors (Lipinski definition) is 1. The average molecular weight is 519 g/mol. The van der Waals surface area contributed by atoms with Gasteiger partial charge in [0.25, 0.3) is 0 Å². The van der Waals surface area contributed by atoms with Crippen LogP contribution < -0.4 is 10.2 Å². The number of benzene rings is 4. The highest BCUT2D eigenvalue weighted by molar-refractivity contribution is 6.19. The molecular formula is C34H26N6. The summed E-state index contributed by atoms with van der Waals surface area (Å²) in [4.78, 5) is 17.7. The van der Waals surface area contributed by atoms with E-state index in [1.807, 2.05) is 24.3 Å². The van der Waals surface area contributed by atoms with E-state index in [-0.39, 0.29) is 6.17 Å². The fourth-order valence-electron chi connectivity index (χ4n) is 5.77. The SMILES string of the molecule is C1=CC(C2=NC(c3ccccc3)N=C(N3c4ccccc4-c4nc5ccccc5n4-c4ccccc43)N2)=CCC1. The predicted octanol–water partition coefficient (Wildman–Crippen LogP) is 7.48. The minimum atomic E-state index is -0.371. The molecule has 192 valence electrons. The molecule has 0 radical (unpaired) electrons. The van der Waals surface area contributed by atoms with Gasteiger partial charge < -0.3 is 5.32 Å². The molecule has 1 unspecified atom stereocenters. The van der Waals surface area contributed by atoms with E-state index in [9.17, 15) is 0 Å². The van der Waals surface area contributed by atoms with Crippen molar-refractivity contribution < 1.29 is 0 Å². The molecule has 0 amide bonds. The van der Waals surface area contributed by atoms with Crippen molar-refractivity contribution in [1.29, 1.82) is 0 Å². The first-order valence-electron chi connectivity index (χ1n) is 13.7. The molecule has 0 bridgehead atoms. The number of fused-ring (bicyclic) bond motifs is 7. The number of nitrogens with one attached hydrogen (secondary N) is 1. The van der Waals surface area contributed by atoms with Crippen LogP contribution in [0.2, 0.25) is 0 Å². The Hall–Kier alpha value is -5.23. The van der Waals surface area contributed by atoms with E-state index < -0.39 is 0 Å². The van der Waals surface area contributed by atoms with Gasteiger partial charge in [-0.05, 0) is 54.8 Å². The number of para-hydroxylation sites is 5. The summed E-state index contributed by atoms with van der Waals surface area (Å²) in [6, 6.07) is 35.5. The van der Waals surface area contributed by atoms with Gasteiger partial charge in [0, 0.05) is 11.1 Å². The van der Waals surface area contributed by atoms with Crippen LogP contribution in [0, 0.1) is 0 Å². The highest BCUT2D eigenvalue weighted by Crippen LogP contribution is 2.44. The Balaban J connectivity index is 1.37. The Morgan fingerprint density at radius 3 is 2.30 bits per heavy atom. The monoisotopic (exact) mass is 518 g/mol. The van der Waals surface area contributed by atoms with E-state index >= 15 is 0 Å². The van der Waals surface area contributed by atoms with E-state index in [0.29, 0.717) is 0 Å². The van der Waals surface area contributed by atoms with Crippen molar-refractivity contribution in [2.24, 2.45) is 9.98 Å². The number of amidine groups is 1. The number of anilines is 2. The molecule has 0 saturated heterocycles. The fourth-order valence-corrected chi connectivity index (χ4v) is 5.77. The van der Waals surface area contributed by atoms with Crippen LogP contribution in [0.1, 0.15) is 24.6 Å². The summed E-state index contributed by atoms with van der Waals surface area (Å²) in [5.74, 6) is 2.47. The number of nitrogens with zero attached hydrogens (tertiary/aromatic N) is 5. The third-order valence-electron chi connectivity index (χ3n) is 7.61. The van der Waals surface area contributed by atoms with E-state index in [4.69, 9.17) is 15.0 Å². The maximum Gasteiger partial charge on any atom is 0.211 e. The molecule has 1 atom stereocenters. The summed E-state index contributed by atoms with van der Waals surface area (Å²) < 4.78 is 2.27. The van der Waals surface area contributed by atoms with E-state index in [1.54, 1.807) is 0 Å². The molecule has 1 N–H and O–H groups in total. The summed E-state index contributed by atoms with van der Waals surface area (Å²) in [6.07, 6.45) is 8.30. The number of aromatic nitrogens is 2. The van der Waals surface area contributed by atoms with Crippen molar-refractivity contribution in [1.82, 2.24) is 14.9 Å². The lowest BCUT2D eigenvalue weighted by Gasteiger charge is -2.32. The third-order valence-corrected chi connectivity index (χ3v) is 7.61. The lowest BCUT2D eigenvalue weighted by molar-refractivity contribution is 0.750. The molecule has 4 aromatic carbocycles. The van der Waals surface area contributed by atoms with Gasteiger partial charge in [0.15, 0.2) is 6.17 Å². The molecule has 5 aromatic rings. The normalized spacial score (nSPS) is 17.6. The summed E-state index contributed by atoms with van der Waals surface area (Å²) in [5.41, 5.74) is 8.30. The molecule has 6 nitrogen and oxygen atoms in total. The molecule has 0 fully saturated rings. The molecule has 0 spiro atoms. The second-order valence-electron chi connectivity index (χ2n) is 10.1. The van der Waals surface area contributed by atoms with Gasteiger partial charge in [-0.2, -0.15) is 0 Å². The second-order valence-corrected chi connectivity index (χ2v) is 10.1. The summed E-state index contributed by atoms with van der Waals surface area (Å²) in [5, 5.41) is 3.64. The number of allylic oxidation sites excluding steroid dienone is 2. The highest BCUT2D eigenvalue weighted by Gasteiger charge is 2.32. The first-order valence-corrected chi connectivity index (χ1v) is 13.7. The smallest absolute Gasteiger partial charge is 0.211 e. The number of imidazole rings is 1. The zero-order valence-corrected chi connectivity index (χ0v) is 21.8. The van der Waals surface area contributed by atoms with E-state index in [2.05, 4.69) is 112 Å². The second kappa shape index (κ2) is 9.20. The molecule has 1 aliphatic carbocycles. The lowest BCUT2D eigenvalue weighted by Crippen LogP contribution is -2.45. The minimum Gasteiger partial charge on any atom is -0.310 e. The van der Waals surface area contributed by atoms with Crippen molar-refractivity contribution in [2.75, 3.05) is 4.90 Å². The molecule has 40 heavy (non-hydrogen) atoms. The Bertz CT molecular complexity index is 1890. The molecule has 3 aliphatic rings. The van der Waals surface area contributed by atoms with Crippen LogP contribution in [0.3, 0.4) is 0 Å². The van der Waals surface area contributed by atoms with Crippen LogP contribution in [-0.4, -0.2) is 21.3 Å². The quantitative estimate of drug-likeness (QED) is 0.264. The van der Waals surface area contributed by atoms with Gasteiger partial charge in [-0.3, -0.25) is 9.47 Å². The van der Waals surface area contributed by atoms with Crippen LogP contribution in [0.15, 0.2) is 137 Å². The van der Waals surface area contributed by atoms with Gasteiger partial charge >= 0.3 is 0 Å². The van der Waals surface area contributed by atoms with Gasteiger partial charge in [-0.15, -0.1) is 0 Å². The van der Waals surface area contributed by atoms with Crippen LogP contribution >= 0.6 is 0 Å². The van der Waals surface area contributed by atoms with Gasteiger partial charge in [-0.25, -0.2) is 15.0 Å². The van der Waals surface area contributed by atoms with E-state index in [1.165, 1.54) is 0 Å². The van der Waals surface area contributed by atoms with Gasteiger partial charge in [-0.1, -0.05) is 85.0 Å². The Morgan fingerprint density at radius 1 is 0.700 bits per heavy atom. The molecule has 8 rings (SSSR count). The van der Waals surface area contributed by atoms with Gasteiger partial charge in [0.05, 0.1) is 28.1 Å². The van der Waals surface area contributed by atoms with Crippen molar-refractivity contribution in [3.05, 3.63) is 132 Å². The fraction of sp³-hybridized carbons (Fsp3) is 0.0882. The van der Waals surface area contributed by atoms with Crippen molar-refractivity contribution >= 4 is 34.2 Å². The number of guanidine groups is 1. The molecule has 3 heterocycles. The number of rotatable bonds is 2.